The maximum absolute atomic E-state index is 4.66. The van der Waals surface area contributed by atoms with Crippen molar-refractivity contribution >= 4 is 5.82 Å². The average Bonchev–Trinajstić information content (AvgIpc) is 2.26. The molecule has 1 saturated carbocycles. The van der Waals surface area contributed by atoms with Gasteiger partial charge in [0.1, 0.15) is 5.82 Å². The van der Waals surface area contributed by atoms with Gasteiger partial charge in [-0.1, -0.05) is 6.92 Å². The molecular weight excluding hydrogens is 222 g/mol. The Morgan fingerprint density at radius 2 is 2.17 bits per heavy atom. The third-order valence-corrected chi connectivity index (χ3v) is 3.74. The van der Waals surface area contributed by atoms with Crippen LogP contribution in [-0.4, -0.2) is 24.6 Å². The van der Waals surface area contributed by atoms with Gasteiger partial charge in [-0.25, -0.2) is 4.98 Å². The Hall–Kier alpha value is -1.09. The maximum atomic E-state index is 4.66. The number of hydrogen-bond donors (Lipinski definition) is 1. The molecule has 1 aliphatic carbocycles. The van der Waals surface area contributed by atoms with Crippen LogP contribution in [0.2, 0.25) is 0 Å². The highest BCUT2D eigenvalue weighted by atomic mass is 15.2. The van der Waals surface area contributed by atoms with Gasteiger partial charge in [0.25, 0.3) is 0 Å². The number of anilines is 1. The summed E-state index contributed by atoms with van der Waals surface area (Å²) in [5.74, 6) is 1.13. The molecule has 0 bridgehead atoms. The lowest BCUT2D eigenvalue weighted by molar-refractivity contribution is 0.399. The molecule has 1 fully saturated rings. The number of rotatable bonds is 6. The monoisotopic (exact) mass is 247 g/mol. The minimum absolute atomic E-state index is 0.704. The number of aryl methyl sites for hydroxylation is 1. The first-order valence-corrected chi connectivity index (χ1v) is 7.12. The molecule has 0 unspecified atom stereocenters. The highest BCUT2D eigenvalue weighted by molar-refractivity contribution is 5.43. The number of hydrogen-bond acceptors (Lipinski definition) is 3. The first-order valence-electron chi connectivity index (χ1n) is 7.12. The van der Waals surface area contributed by atoms with Crippen LogP contribution in [0, 0.1) is 6.92 Å². The van der Waals surface area contributed by atoms with Crippen LogP contribution in [0.1, 0.15) is 43.9 Å². The van der Waals surface area contributed by atoms with Gasteiger partial charge in [0, 0.05) is 25.3 Å². The summed E-state index contributed by atoms with van der Waals surface area (Å²) in [6.45, 7) is 6.31. The van der Waals surface area contributed by atoms with E-state index in [0.29, 0.717) is 6.04 Å². The molecule has 1 aliphatic rings. The maximum Gasteiger partial charge on any atom is 0.129 e. The summed E-state index contributed by atoms with van der Waals surface area (Å²) in [6, 6.07) is 5.12. The SMILES string of the molecule is CCCNCc1cc(C)nc(N(C)C2CCC2)c1. The first-order chi connectivity index (χ1) is 8.70. The molecule has 1 aromatic rings. The third kappa shape index (κ3) is 3.22. The molecule has 1 aromatic heterocycles. The molecule has 0 aromatic carbocycles. The Kier molecular flexibility index (Phi) is 4.59. The molecule has 3 nitrogen and oxygen atoms in total. The average molecular weight is 247 g/mol. The van der Waals surface area contributed by atoms with Gasteiger partial charge in [0.2, 0.25) is 0 Å². The summed E-state index contributed by atoms with van der Waals surface area (Å²) in [5, 5.41) is 3.46. The molecule has 0 amide bonds. The summed E-state index contributed by atoms with van der Waals surface area (Å²) in [6.07, 6.45) is 5.18. The normalized spacial score (nSPS) is 15.5. The van der Waals surface area contributed by atoms with Crippen LogP contribution >= 0.6 is 0 Å². The van der Waals surface area contributed by atoms with Gasteiger partial charge >= 0.3 is 0 Å². The van der Waals surface area contributed by atoms with Gasteiger partial charge in [-0.15, -0.1) is 0 Å². The standard InChI is InChI=1S/C15H25N3/c1-4-8-16-11-13-9-12(2)17-15(10-13)18(3)14-6-5-7-14/h9-10,14,16H,4-8,11H2,1-3H3. The van der Waals surface area contributed by atoms with E-state index in [-0.39, 0.29) is 0 Å². The van der Waals surface area contributed by atoms with Crippen LogP contribution in [0.3, 0.4) is 0 Å². The van der Waals surface area contributed by atoms with Crippen molar-refractivity contribution in [2.24, 2.45) is 0 Å². The predicted molar refractivity (Wildman–Crippen MR) is 77.0 cm³/mol. The number of nitrogens with zero attached hydrogens (tertiary/aromatic N) is 2. The van der Waals surface area contributed by atoms with Crippen LogP contribution in [0.25, 0.3) is 0 Å². The minimum atomic E-state index is 0.704. The summed E-state index contributed by atoms with van der Waals surface area (Å²) >= 11 is 0. The lowest BCUT2D eigenvalue weighted by Crippen LogP contribution is -2.37. The van der Waals surface area contributed by atoms with E-state index in [9.17, 15) is 0 Å². The fourth-order valence-electron chi connectivity index (χ4n) is 2.37. The van der Waals surface area contributed by atoms with Crippen molar-refractivity contribution in [2.75, 3.05) is 18.5 Å². The zero-order valence-electron chi connectivity index (χ0n) is 11.9. The Morgan fingerprint density at radius 3 is 2.78 bits per heavy atom. The highest BCUT2D eigenvalue weighted by Crippen LogP contribution is 2.27. The molecule has 18 heavy (non-hydrogen) atoms. The van der Waals surface area contributed by atoms with Crippen molar-refractivity contribution in [1.29, 1.82) is 0 Å². The largest absolute Gasteiger partial charge is 0.357 e. The van der Waals surface area contributed by atoms with Gasteiger partial charge in [-0.3, -0.25) is 0 Å². The fourth-order valence-corrected chi connectivity index (χ4v) is 2.37. The van der Waals surface area contributed by atoms with Crippen LogP contribution in [0.5, 0.6) is 0 Å². The number of aromatic nitrogens is 1. The van der Waals surface area contributed by atoms with E-state index >= 15 is 0 Å². The van der Waals surface area contributed by atoms with Gasteiger partial charge in [-0.05, 0) is 56.8 Å². The van der Waals surface area contributed by atoms with Crippen LogP contribution in [0.15, 0.2) is 12.1 Å². The van der Waals surface area contributed by atoms with Crippen molar-refractivity contribution < 1.29 is 0 Å². The molecule has 0 saturated heterocycles. The zero-order valence-corrected chi connectivity index (χ0v) is 11.9. The lowest BCUT2D eigenvalue weighted by Gasteiger charge is -2.35. The Morgan fingerprint density at radius 1 is 1.39 bits per heavy atom. The molecule has 0 atom stereocenters. The predicted octanol–water partition coefficient (Wildman–Crippen LogP) is 2.88. The van der Waals surface area contributed by atoms with E-state index in [0.717, 1.165) is 24.6 Å². The molecular formula is C15H25N3. The van der Waals surface area contributed by atoms with E-state index in [4.69, 9.17) is 0 Å². The summed E-state index contributed by atoms with van der Waals surface area (Å²) in [5.41, 5.74) is 2.46. The van der Waals surface area contributed by atoms with Crippen LogP contribution in [-0.2, 0) is 6.54 Å². The Labute approximate surface area is 111 Å². The molecule has 3 heteroatoms. The highest BCUT2D eigenvalue weighted by Gasteiger charge is 2.23. The van der Waals surface area contributed by atoms with Crippen LogP contribution < -0.4 is 10.2 Å². The minimum Gasteiger partial charge on any atom is -0.357 e. The van der Waals surface area contributed by atoms with Crippen LogP contribution in [0.4, 0.5) is 5.82 Å². The van der Waals surface area contributed by atoms with E-state index < -0.39 is 0 Å². The van der Waals surface area contributed by atoms with E-state index in [1.165, 1.54) is 31.2 Å². The fraction of sp³-hybridized carbons (Fsp3) is 0.667. The van der Waals surface area contributed by atoms with E-state index in [1.807, 2.05) is 0 Å². The van der Waals surface area contributed by atoms with Crippen molar-refractivity contribution in [2.45, 2.75) is 52.1 Å². The number of pyridine rings is 1. The molecule has 0 spiro atoms. The number of nitrogens with one attached hydrogen (secondary N) is 1. The molecule has 100 valence electrons. The van der Waals surface area contributed by atoms with Crippen molar-refractivity contribution in [1.82, 2.24) is 10.3 Å². The molecule has 2 rings (SSSR count). The lowest BCUT2D eigenvalue weighted by atomic mass is 9.92. The van der Waals surface area contributed by atoms with Gasteiger partial charge in [0.05, 0.1) is 0 Å². The van der Waals surface area contributed by atoms with E-state index in [1.54, 1.807) is 0 Å². The van der Waals surface area contributed by atoms with E-state index in [2.05, 4.69) is 48.2 Å². The second kappa shape index (κ2) is 6.19. The van der Waals surface area contributed by atoms with Crippen molar-refractivity contribution in [3.8, 4) is 0 Å². The second-order valence-electron chi connectivity index (χ2n) is 5.35. The molecule has 0 aliphatic heterocycles. The topological polar surface area (TPSA) is 28.2 Å². The second-order valence-corrected chi connectivity index (χ2v) is 5.35. The first kappa shape index (κ1) is 13.3. The summed E-state index contributed by atoms with van der Waals surface area (Å²) in [7, 11) is 2.18. The summed E-state index contributed by atoms with van der Waals surface area (Å²) < 4.78 is 0. The van der Waals surface area contributed by atoms with Crippen molar-refractivity contribution in [3.63, 3.8) is 0 Å². The molecule has 1 N–H and O–H groups in total. The summed E-state index contributed by atoms with van der Waals surface area (Å²) in [4.78, 5) is 7.01. The van der Waals surface area contributed by atoms with Gasteiger partial charge < -0.3 is 10.2 Å². The zero-order chi connectivity index (χ0) is 13.0. The quantitative estimate of drug-likeness (QED) is 0.783. The Balaban J connectivity index is 2.05. The third-order valence-electron chi connectivity index (χ3n) is 3.74. The van der Waals surface area contributed by atoms with Gasteiger partial charge in [0.15, 0.2) is 0 Å². The Bertz CT molecular complexity index is 385. The smallest absolute Gasteiger partial charge is 0.129 e. The van der Waals surface area contributed by atoms with Gasteiger partial charge in [-0.2, -0.15) is 0 Å². The molecule has 0 radical (unpaired) electrons. The molecule has 1 heterocycles. The van der Waals surface area contributed by atoms with Crippen molar-refractivity contribution in [3.05, 3.63) is 23.4 Å².